The van der Waals surface area contributed by atoms with Crippen molar-refractivity contribution in [2.24, 2.45) is 5.92 Å². The van der Waals surface area contributed by atoms with Crippen LogP contribution in [0.1, 0.15) is 49.0 Å². The maximum Gasteiger partial charge on any atom is 0.200 e. The van der Waals surface area contributed by atoms with Crippen molar-refractivity contribution in [2.75, 3.05) is 31.6 Å². The molecule has 154 valence electrons. The first-order valence-electron chi connectivity index (χ1n) is 10.4. The Morgan fingerprint density at radius 2 is 2.07 bits per heavy atom. The smallest absolute Gasteiger partial charge is 0.200 e. The minimum absolute atomic E-state index is 0.106. The van der Waals surface area contributed by atoms with Crippen LogP contribution in [0.25, 0.3) is 10.9 Å². The molecule has 0 amide bonds. The Bertz CT molecular complexity index is 1050. The van der Waals surface area contributed by atoms with E-state index in [1.165, 1.54) is 20.1 Å². The monoisotopic (exact) mass is 399 g/mol. The van der Waals surface area contributed by atoms with E-state index in [4.69, 9.17) is 4.74 Å². The summed E-state index contributed by atoms with van der Waals surface area (Å²) >= 11 is 0. The van der Waals surface area contributed by atoms with Gasteiger partial charge in [0, 0.05) is 31.4 Å². The number of hydrogen-bond donors (Lipinski definition) is 1. The lowest BCUT2D eigenvalue weighted by Crippen LogP contribution is -2.40. The molecule has 1 saturated carbocycles. The second-order valence-corrected chi connectivity index (χ2v) is 8.57. The molecule has 7 heteroatoms. The first kappa shape index (κ1) is 18.6. The minimum Gasteiger partial charge on any atom is -0.492 e. The lowest BCUT2D eigenvalue weighted by Gasteiger charge is -2.25. The number of methoxy groups -OCH3 is 1. The zero-order valence-corrected chi connectivity index (χ0v) is 16.8. The Kier molecular flexibility index (Phi) is 4.38. The predicted octanol–water partition coefficient (Wildman–Crippen LogP) is 2.87. The number of hydrogen-bond acceptors (Lipinski definition) is 5. The predicted molar refractivity (Wildman–Crippen MR) is 110 cm³/mol. The Balaban J connectivity index is 1.73. The van der Waals surface area contributed by atoms with Gasteiger partial charge in [-0.25, -0.2) is 4.39 Å². The number of ether oxygens (including phenoxy) is 1. The number of carbonyl (C=O) groups excluding carboxylic acids is 1. The summed E-state index contributed by atoms with van der Waals surface area (Å²) in [5.74, 6) is 0.129. The van der Waals surface area contributed by atoms with E-state index in [9.17, 15) is 9.59 Å². The van der Waals surface area contributed by atoms with Gasteiger partial charge >= 0.3 is 0 Å². The van der Waals surface area contributed by atoms with Crippen molar-refractivity contribution in [3.63, 3.8) is 0 Å². The second kappa shape index (κ2) is 6.83. The summed E-state index contributed by atoms with van der Waals surface area (Å²) in [5, 5.41) is 3.77. The zero-order valence-electron chi connectivity index (χ0n) is 16.8. The number of Topliss-reactive ketones (excluding diaryl/α,β-unsaturated/α-hetero) is 1. The quantitative estimate of drug-likeness (QED) is 0.801. The van der Waals surface area contributed by atoms with E-state index in [1.807, 2.05) is 4.57 Å². The number of carbonyl (C=O) groups is 1. The highest BCUT2D eigenvalue weighted by Crippen LogP contribution is 2.45. The largest absolute Gasteiger partial charge is 0.492 e. The molecule has 3 fully saturated rings. The maximum absolute atomic E-state index is 15.4. The highest BCUT2D eigenvalue weighted by Gasteiger charge is 2.38. The van der Waals surface area contributed by atoms with Crippen molar-refractivity contribution >= 4 is 22.4 Å². The summed E-state index contributed by atoms with van der Waals surface area (Å²) in [6.45, 7) is 3.88. The molecule has 2 atom stereocenters. The fourth-order valence-corrected chi connectivity index (χ4v) is 5.05. The summed E-state index contributed by atoms with van der Waals surface area (Å²) in [7, 11) is 1.53. The molecule has 0 bridgehead atoms. The van der Waals surface area contributed by atoms with E-state index in [0.717, 1.165) is 45.3 Å². The number of rotatable bonds is 4. The van der Waals surface area contributed by atoms with Crippen LogP contribution in [0, 0.1) is 11.7 Å². The third-order valence-corrected chi connectivity index (χ3v) is 6.64. The molecule has 3 aliphatic rings. The SMILES string of the molecule is COc1c(N2C[C@@H]3CCCN[C@@H]3C2)c(F)cc2c(=O)c(C(C)=O)cn(C3CC3)c12. The number of nitrogens with one attached hydrogen (secondary N) is 1. The number of benzene rings is 1. The number of piperidine rings is 1. The molecule has 1 aromatic carbocycles. The number of anilines is 1. The molecule has 2 aromatic rings. The highest BCUT2D eigenvalue weighted by molar-refractivity contribution is 5.99. The zero-order chi connectivity index (χ0) is 20.3. The molecule has 0 unspecified atom stereocenters. The topological polar surface area (TPSA) is 63.6 Å². The fraction of sp³-hybridized carbons (Fsp3) is 0.545. The molecular weight excluding hydrogens is 373 g/mol. The van der Waals surface area contributed by atoms with Gasteiger partial charge in [-0.2, -0.15) is 0 Å². The fourth-order valence-electron chi connectivity index (χ4n) is 5.05. The first-order valence-corrected chi connectivity index (χ1v) is 10.4. The summed E-state index contributed by atoms with van der Waals surface area (Å²) < 4.78 is 23.1. The average molecular weight is 399 g/mol. The number of nitrogens with zero attached hydrogens (tertiary/aromatic N) is 2. The van der Waals surface area contributed by atoms with Crippen molar-refractivity contribution in [3.05, 3.63) is 33.9 Å². The molecule has 2 saturated heterocycles. The molecule has 1 aromatic heterocycles. The Morgan fingerprint density at radius 3 is 2.72 bits per heavy atom. The van der Waals surface area contributed by atoms with Gasteiger partial charge in [0.25, 0.3) is 0 Å². The van der Waals surface area contributed by atoms with Gasteiger partial charge in [0.1, 0.15) is 5.69 Å². The van der Waals surface area contributed by atoms with E-state index >= 15 is 4.39 Å². The van der Waals surface area contributed by atoms with Gasteiger partial charge in [-0.15, -0.1) is 0 Å². The van der Waals surface area contributed by atoms with E-state index < -0.39 is 11.2 Å². The summed E-state index contributed by atoms with van der Waals surface area (Å²) in [5.41, 5.74) is 0.713. The number of halogens is 1. The lowest BCUT2D eigenvalue weighted by atomic mass is 9.94. The molecule has 29 heavy (non-hydrogen) atoms. The van der Waals surface area contributed by atoms with Crippen molar-refractivity contribution in [1.29, 1.82) is 0 Å². The van der Waals surface area contributed by atoms with E-state index in [1.54, 1.807) is 6.20 Å². The van der Waals surface area contributed by atoms with Crippen LogP contribution in [0.4, 0.5) is 10.1 Å². The summed E-state index contributed by atoms with van der Waals surface area (Å²) in [4.78, 5) is 27.0. The Hall–Kier alpha value is -2.41. The molecular formula is C22H26FN3O3. The van der Waals surface area contributed by atoms with Crippen LogP contribution >= 0.6 is 0 Å². The minimum atomic E-state index is -0.465. The van der Waals surface area contributed by atoms with Crippen LogP contribution in [-0.2, 0) is 0 Å². The van der Waals surface area contributed by atoms with Crippen LogP contribution in [0.15, 0.2) is 17.1 Å². The molecule has 5 rings (SSSR count). The van der Waals surface area contributed by atoms with E-state index in [2.05, 4.69) is 10.2 Å². The first-order chi connectivity index (χ1) is 14.0. The van der Waals surface area contributed by atoms with Gasteiger partial charge in [-0.05, 0) is 51.1 Å². The maximum atomic E-state index is 15.4. The van der Waals surface area contributed by atoms with Crippen LogP contribution in [0.5, 0.6) is 5.75 Å². The third-order valence-electron chi connectivity index (χ3n) is 6.64. The lowest BCUT2D eigenvalue weighted by molar-refractivity contribution is 0.101. The van der Waals surface area contributed by atoms with Gasteiger partial charge < -0.3 is 19.5 Å². The highest BCUT2D eigenvalue weighted by atomic mass is 19.1. The van der Waals surface area contributed by atoms with E-state index in [0.29, 0.717) is 28.9 Å². The van der Waals surface area contributed by atoms with Crippen molar-refractivity contribution < 1.29 is 13.9 Å². The number of aromatic nitrogens is 1. The van der Waals surface area contributed by atoms with Crippen molar-refractivity contribution in [1.82, 2.24) is 9.88 Å². The van der Waals surface area contributed by atoms with E-state index in [-0.39, 0.29) is 22.8 Å². The van der Waals surface area contributed by atoms with Gasteiger partial charge in [0.2, 0.25) is 0 Å². The van der Waals surface area contributed by atoms with Gasteiger partial charge in [0.15, 0.2) is 22.8 Å². The van der Waals surface area contributed by atoms with Crippen molar-refractivity contribution in [2.45, 2.75) is 44.7 Å². The van der Waals surface area contributed by atoms with Crippen LogP contribution in [0.2, 0.25) is 0 Å². The molecule has 1 N–H and O–H groups in total. The number of ketones is 1. The van der Waals surface area contributed by atoms with Crippen LogP contribution < -0.4 is 20.4 Å². The number of fused-ring (bicyclic) bond motifs is 2. The Morgan fingerprint density at radius 1 is 1.28 bits per heavy atom. The van der Waals surface area contributed by atoms with Gasteiger partial charge in [0.05, 0.1) is 23.6 Å². The second-order valence-electron chi connectivity index (χ2n) is 8.57. The number of pyridine rings is 1. The molecule has 3 heterocycles. The summed E-state index contributed by atoms with van der Waals surface area (Å²) in [6.07, 6.45) is 5.87. The molecule has 2 aliphatic heterocycles. The normalized spacial score (nSPS) is 24.0. The molecule has 6 nitrogen and oxygen atoms in total. The molecule has 1 aliphatic carbocycles. The van der Waals surface area contributed by atoms with Crippen molar-refractivity contribution in [3.8, 4) is 5.75 Å². The summed E-state index contributed by atoms with van der Waals surface area (Å²) in [6, 6.07) is 1.87. The standard InChI is InChI=1S/C22H26FN3O3/c1-12(27)16-10-26(14-5-6-14)19-15(21(16)28)8-17(23)20(22(19)29-2)25-9-13-4-3-7-24-18(13)11-25/h8,10,13-14,18,24H,3-7,9,11H2,1-2H3/t13-,18+/m0/s1. The molecule has 0 spiro atoms. The average Bonchev–Trinajstić information content (AvgIpc) is 3.45. The Labute approximate surface area is 168 Å². The van der Waals surface area contributed by atoms with Crippen LogP contribution in [-0.4, -0.2) is 43.1 Å². The van der Waals surface area contributed by atoms with Crippen LogP contribution in [0.3, 0.4) is 0 Å². The van der Waals surface area contributed by atoms with Gasteiger partial charge in [-0.3, -0.25) is 9.59 Å². The molecule has 0 radical (unpaired) electrons. The third kappa shape index (κ3) is 2.94. The van der Waals surface area contributed by atoms with Gasteiger partial charge in [-0.1, -0.05) is 0 Å².